The fourth-order valence-corrected chi connectivity index (χ4v) is 3.03. The molecule has 0 saturated carbocycles. The Morgan fingerprint density at radius 1 is 1.26 bits per heavy atom. The van der Waals surface area contributed by atoms with E-state index in [-0.39, 0.29) is 11.9 Å². The third kappa shape index (κ3) is 3.61. The minimum Gasteiger partial charge on any atom is -0.310 e. The predicted octanol–water partition coefficient (Wildman–Crippen LogP) is 3.79. The maximum Gasteiger partial charge on any atom is 0.123 e. The first-order chi connectivity index (χ1) is 9.10. The monoisotopic (exact) mass is 278 g/mol. The van der Waals surface area contributed by atoms with Crippen LogP contribution in [0, 0.1) is 19.7 Å². The Hall–Kier alpha value is -1.26. The first-order valence-electron chi connectivity index (χ1n) is 6.52. The van der Waals surface area contributed by atoms with Crippen molar-refractivity contribution < 1.29 is 4.39 Å². The fraction of sp³-hybridized carbons (Fsp3) is 0.400. The first kappa shape index (κ1) is 14.2. The average Bonchev–Trinajstić information content (AvgIpc) is 2.69. The predicted molar refractivity (Wildman–Crippen MR) is 78.1 cm³/mol. The Bertz CT molecular complexity index is 514. The number of benzene rings is 1. The van der Waals surface area contributed by atoms with Crippen molar-refractivity contribution >= 4 is 11.3 Å². The van der Waals surface area contributed by atoms with Gasteiger partial charge in [0.25, 0.3) is 0 Å². The Balaban J connectivity index is 2.18. The Kier molecular flexibility index (Phi) is 4.66. The number of aryl methyl sites for hydroxylation is 2. The van der Waals surface area contributed by atoms with Crippen LogP contribution in [0.1, 0.15) is 34.1 Å². The van der Waals surface area contributed by atoms with Crippen molar-refractivity contribution in [2.24, 2.45) is 0 Å². The molecule has 2 rings (SSSR count). The summed E-state index contributed by atoms with van der Waals surface area (Å²) in [7, 11) is 0. The second-order valence-corrected chi connectivity index (χ2v) is 5.90. The molecule has 1 aromatic heterocycles. The van der Waals surface area contributed by atoms with Crippen LogP contribution in [0.3, 0.4) is 0 Å². The van der Waals surface area contributed by atoms with Gasteiger partial charge in [0.1, 0.15) is 5.82 Å². The second-order valence-electron chi connectivity index (χ2n) is 4.62. The SMILES string of the molecule is CCNC(Cc1nc(C)c(C)s1)c1ccc(F)cc1. The van der Waals surface area contributed by atoms with Gasteiger partial charge in [-0.15, -0.1) is 11.3 Å². The molecule has 0 aliphatic carbocycles. The smallest absolute Gasteiger partial charge is 0.123 e. The van der Waals surface area contributed by atoms with Gasteiger partial charge in [0, 0.05) is 17.3 Å². The number of hydrogen-bond donors (Lipinski definition) is 1. The molecule has 102 valence electrons. The van der Waals surface area contributed by atoms with Crippen LogP contribution < -0.4 is 5.32 Å². The van der Waals surface area contributed by atoms with Crippen LogP contribution >= 0.6 is 11.3 Å². The summed E-state index contributed by atoms with van der Waals surface area (Å²) in [6.07, 6.45) is 0.846. The summed E-state index contributed by atoms with van der Waals surface area (Å²) < 4.78 is 13.0. The zero-order valence-electron chi connectivity index (χ0n) is 11.5. The third-order valence-corrected chi connectivity index (χ3v) is 4.27. The van der Waals surface area contributed by atoms with Crippen LogP contribution in [0.5, 0.6) is 0 Å². The Morgan fingerprint density at radius 3 is 2.47 bits per heavy atom. The lowest BCUT2D eigenvalue weighted by atomic mass is 10.0. The molecule has 4 heteroatoms. The molecule has 1 heterocycles. The lowest BCUT2D eigenvalue weighted by molar-refractivity contribution is 0.546. The quantitative estimate of drug-likeness (QED) is 0.900. The molecule has 1 atom stereocenters. The molecule has 0 radical (unpaired) electrons. The molecule has 19 heavy (non-hydrogen) atoms. The topological polar surface area (TPSA) is 24.9 Å². The van der Waals surface area contributed by atoms with Gasteiger partial charge in [0.2, 0.25) is 0 Å². The molecule has 0 spiro atoms. The highest BCUT2D eigenvalue weighted by Crippen LogP contribution is 2.23. The molecule has 0 amide bonds. The van der Waals surface area contributed by atoms with Gasteiger partial charge in [-0.25, -0.2) is 9.37 Å². The zero-order chi connectivity index (χ0) is 13.8. The van der Waals surface area contributed by atoms with Gasteiger partial charge in [-0.3, -0.25) is 0 Å². The van der Waals surface area contributed by atoms with Gasteiger partial charge >= 0.3 is 0 Å². The van der Waals surface area contributed by atoms with Gasteiger partial charge in [-0.2, -0.15) is 0 Å². The third-order valence-electron chi connectivity index (χ3n) is 3.17. The molecular weight excluding hydrogens is 259 g/mol. The van der Waals surface area contributed by atoms with Gasteiger partial charge < -0.3 is 5.32 Å². The average molecular weight is 278 g/mol. The molecule has 0 aliphatic heterocycles. The van der Waals surface area contributed by atoms with Gasteiger partial charge in [-0.1, -0.05) is 19.1 Å². The lowest BCUT2D eigenvalue weighted by Crippen LogP contribution is -2.22. The molecular formula is C15H19FN2S. The van der Waals surface area contributed by atoms with E-state index in [1.165, 1.54) is 17.0 Å². The fourth-order valence-electron chi connectivity index (χ4n) is 2.05. The molecule has 0 saturated heterocycles. The Morgan fingerprint density at radius 2 is 1.95 bits per heavy atom. The first-order valence-corrected chi connectivity index (χ1v) is 7.33. The van der Waals surface area contributed by atoms with E-state index >= 15 is 0 Å². The number of nitrogens with one attached hydrogen (secondary N) is 1. The van der Waals surface area contributed by atoms with E-state index in [0.29, 0.717) is 0 Å². The zero-order valence-corrected chi connectivity index (χ0v) is 12.4. The summed E-state index contributed by atoms with van der Waals surface area (Å²) >= 11 is 1.74. The molecule has 0 aliphatic rings. The standard InChI is InChI=1S/C15H19FN2S/c1-4-17-14(12-5-7-13(16)8-6-12)9-15-18-10(2)11(3)19-15/h5-8,14,17H,4,9H2,1-3H3. The van der Waals surface area contributed by atoms with E-state index in [9.17, 15) is 4.39 Å². The molecule has 2 nitrogen and oxygen atoms in total. The summed E-state index contributed by atoms with van der Waals surface area (Å²) in [4.78, 5) is 5.85. The van der Waals surface area contributed by atoms with Gasteiger partial charge in [0.05, 0.1) is 10.7 Å². The van der Waals surface area contributed by atoms with E-state index in [4.69, 9.17) is 0 Å². The normalized spacial score (nSPS) is 12.6. The molecule has 2 aromatic rings. The van der Waals surface area contributed by atoms with Crippen LogP contribution in [-0.2, 0) is 6.42 Å². The van der Waals surface area contributed by atoms with Gasteiger partial charge in [0.15, 0.2) is 0 Å². The van der Waals surface area contributed by atoms with Crippen molar-refractivity contribution in [2.75, 3.05) is 6.54 Å². The maximum absolute atomic E-state index is 13.0. The van der Waals surface area contributed by atoms with Crippen LogP contribution in [0.2, 0.25) is 0 Å². The van der Waals surface area contributed by atoms with E-state index < -0.39 is 0 Å². The Labute approximate surface area is 117 Å². The maximum atomic E-state index is 13.0. The van der Waals surface area contributed by atoms with Crippen molar-refractivity contribution in [3.8, 4) is 0 Å². The highest BCUT2D eigenvalue weighted by molar-refractivity contribution is 7.11. The van der Waals surface area contributed by atoms with Crippen molar-refractivity contribution in [3.63, 3.8) is 0 Å². The lowest BCUT2D eigenvalue weighted by Gasteiger charge is -2.17. The minimum absolute atomic E-state index is 0.190. The number of rotatable bonds is 5. The van der Waals surface area contributed by atoms with Gasteiger partial charge in [-0.05, 0) is 38.1 Å². The number of halogens is 1. The second kappa shape index (κ2) is 6.26. The summed E-state index contributed by atoms with van der Waals surface area (Å²) in [6.45, 7) is 7.09. The summed E-state index contributed by atoms with van der Waals surface area (Å²) in [5.74, 6) is -0.195. The minimum atomic E-state index is -0.195. The molecule has 1 N–H and O–H groups in total. The molecule has 0 fully saturated rings. The van der Waals surface area contributed by atoms with Crippen LogP contribution in [0.15, 0.2) is 24.3 Å². The number of hydrogen-bond acceptors (Lipinski definition) is 3. The largest absolute Gasteiger partial charge is 0.310 e. The highest BCUT2D eigenvalue weighted by Gasteiger charge is 2.14. The number of nitrogens with zero attached hydrogens (tertiary/aromatic N) is 1. The summed E-state index contributed by atoms with van der Waals surface area (Å²) in [5.41, 5.74) is 2.21. The summed E-state index contributed by atoms with van der Waals surface area (Å²) in [5, 5.41) is 4.57. The van der Waals surface area contributed by atoms with Crippen LogP contribution in [-0.4, -0.2) is 11.5 Å². The van der Waals surface area contributed by atoms with Crippen molar-refractivity contribution in [2.45, 2.75) is 33.2 Å². The number of likely N-dealkylation sites (N-methyl/N-ethyl adjacent to an activating group) is 1. The molecule has 0 bridgehead atoms. The van der Waals surface area contributed by atoms with Crippen LogP contribution in [0.25, 0.3) is 0 Å². The van der Waals surface area contributed by atoms with Crippen LogP contribution in [0.4, 0.5) is 4.39 Å². The van der Waals surface area contributed by atoms with Crippen molar-refractivity contribution in [1.29, 1.82) is 0 Å². The van der Waals surface area contributed by atoms with Crippen molar-refractivity contribution in [1.82, 2.24) is 10.3 Å². The van der Waals surface area contributed by atoms with E-state index in [1.807, 2.05) is 19.1 Å². The van der Waals surface area contributed by atoms with E-state index in [2.05, 4.69) is 24.1 Å². The summed E-state index contributed by atoms with van der Waals surface area (Å²) in [6, 6.07) is 6.90. The molecule has 1 aromatic carbocycles. The van der Waals surface area contributed by atoms with E-state index in [0.717, 1.165) is 29.2 Å². The van der Waals surface area contributed by atoms with E-state index in [1.54, 1.807) is 11.3 Å². The number of aromatic nitrogens is 1. The highest BCUT2D eigenvalue weighted by atomic mass is 32.1. The van der Waals surface area contributed by atoms with Crippen molar-refractivity contribution in [3.05, 3.63) is 51.2 Å². The molecule has 1 unspecified atom stereocenters. The number of thiazole rings is 1.